The third-order valence-corrected chi connectivity index (χ3v) is 4.47. The lowest BCUT2D eigenvalue weighted by atomic mass is 9.99. The van der Waals surface area contributed by atoms with Gasteiger partial charge in [0.1, 0.15) is 11.9 Å². The number of phenolic OH excluding ortho intramolecular Hbond substituents is 1. The predicted octanol–water partition coefficient (Wildman–Crippen LogP) is 4.63. The van der Waals surface area contributed by atoms with Gasteiger partial charge in [-0.25, -0.2) is 9.78 Å². The van der Waals surface area contributed by atoms with Crippen LogP contribution in [-0.4, -0.2) is 27.7 Å². The number of aromatic nitrogens is 2. The van der Waals surface area contributed by atoms with Crippen molar-refractivity contribution in [1.29, 1.82) is 0 Å². The molecule has 1 aromatic carbocycles. The van der Waals surface area contributed by atoms with E-state index in [9.17, 15) is 9.90 Å². The summed E-state index contributed by atoms with van der Waals surface area (Å²) < 4.78 is 5.65. The summed E-state index contributed by atoms with van der Waals surface area (Å²) in [4.78, 5) is 23.2. The van der Waals surface area contributed by atoms with Crippen molar-refractivity contribution in [2.45, 2.75) is 40.2 Å². The van der Waals surface area contributed by atoms with Crippen LogP contribution in [0, 0.1) is 11.8 Å². The van der Waals surface area contributed by atoms with E-state index < -0.39 is 0 Å². The molecule has 2 aromatic rings. The molecule has 0 bridgehead atoms. The molecule has 1 atom stereocenters. The first kappa shape index (κ1) is 18.9. The Kier molecular flexibility index (Phi) is 5.48. The predicted molar refractivity (Wildman–Crippen MR) is 104 cm³/mol. The van der Waals surface area contributed by atoms with Crippen molar-refractivity contribution in [3.05, 3.63) is 36.0 Å². The van der Waals surface area contributed by atoms with E-state index in [1.807, 2.05) is 13.8 Å². The fourth-order valence-electron chi connectivity index (χ4n) is 2.94. The highest BCUT2D eigenvalue weighted by atomic mass is 16.6. The maximum absolute atomic E-state index is 12.6. The number of phenols is 1. The average molecular weight is 370 g/mol. The summed E-state index contributed by atoms with van der Waals surface area (Å²) in [7, 11) is 0. The van der Waals surface area contributed by atoms with Crippen molar-refractivity contribution in [3.63, 3.8) is 0 Å². The summed E-state index contributed by atoms with van der Waals surface area (Å²) in [5.41, 5.74) is 1.57. The van der Waals surface area contributed by atoms with Crippen LogP contribution in [0.5, 0.6) is 5.75 Å². The minimum absolute atomic E-state index is 0.124. The fourth-order valence-corrected chi connectivity index (χ4v) is 2.94. The Morgan fingerprint density at radius 3 is 2.56 bits per heavy atom. The summed E-state index contributed by atoms with van der Waals surface area (Å²) >= 11 is 0. The standard InChI is InChI=1S/C20H26N4O3/c1-12(2)9-10-24-18-16(17(13(3)4)27-20(24)26)11-21-19(23-18)22-14-5-7-15(25)8-6-14/h5-8,11-13,17,25H,9-10H2,1-4H3,(H,21,22,23). The first-order valence-corrected chi connectivity index (χ1v) is 9.26. The van der Waals surface area contributed by atoms with Crippen molar-refractivity contribution in [1.82, 2.24) is 9.97 Å². The second kappa shape index (κ2) is 7.82. The van der Waals surface area contributed by atoms with Crippen LogP contribution in [0.1, 0.15) is 45.8 Å². The number of hydrogen-bond donors (Lipinski definition) is 2. The molecule has 1 amide bonds. The third kappa shape index (κ3) is 4.30. The van der Waals surface area contributed by atoms with E-state index in [0.29, 0.717) is 24.2 Å². The van der Waals surface area contributed by atoms with Gasteiger partial charge in [-0.2, -0.15) is 4.98 Å². The maximum Gasteiger partial charge on any atom is 0.416 e. The number of aromatic hydroxyl groups is 1. The zero-order chi connectivity index (χ0) is 19.6. The number of anilines is 3. The number of nitrogens with one attached hydrogen (secondary N) is 1. The van der Waals surface area contributed by atoms with Crippen molar-refractivity contribution >= 4 is 23.5 Å². The third-order valence-electron chi connectivity index (χ3n) is 4.47. The number of cyclic esters (lactones) is 1. The Morgan fingerprint density at radius 1 is 1.22 bits per heavy atom. The topological polar surface area (TPSA) is 87.6 Å². The van der Waals surface area contributed by atoms with Crippen LogP contribution in [0.25, 0.3) is 0 Å². The van der Waals surface area contributed by atoms with Gasteiger partial charge in [-0.3, -0.25) is 4.90 Å². The van der Waals surface area contributed by atoms with Gasteiger partial charge in [0, 0.05) is 18.4 Å². The molecule has 0 aliphatic carbocycles. The molecule has 3 rings (SSSR count). The van der Waals surface area contributed by atoms with E-state index in [0.717, 1.165) is 17.7 Å². The van der Waals surface area contributed by atoms with E-state index in [4.69, 9.17) is 4.74 Å². The lowest BCUT2D eigenvalue weighted by molar-refractivity contribution is 0.0691. The molecule has 27 heavy (non-hydrogen) atoms. The average Bonchev–Trinajstić information content (AvgIpc) is 2.62. The Hall–Kier alpha value is -2.83. The van der Waals surface area contributed by atoms with Gasteiger partial charge in [0.05, 0.1) is 5.56 Å². The van der Waals surface area contributed by atoms with Crippen LogP contribution >= 0.6 is 0 Å². The number of nitrogens with zero attached hydrogens (tertiary/aromatic N) is 3. The van der Waals surface area contributed by atoms with Crippen LogP contribution < -0.4 is 10.2 Å². The molecule has 1 unspecified atom stereocenters. The van der Waals surface area contributed by atoms with Gasteiger partial charge >= 0.3 is 6.09 Å². The quantitative estimate of drug-likeness (QED) is 0.721. The van der Waals surface area contributed by atoms with E-state index in [1.54, 1.807) is 35.4 Å². The molecule has 7 heteroatoms. The first-order valence-electron chi connectivity index (χ1n) is 9.26. The molecule has 0 spiro atoms. The van der Waals surface area contributed by atoms with Crippen LogP contribution in [-0.2, 0) is 4.74 Å². The number of fused-ring (bicyclic) bond motifs is 1. The van der Waals surface area contributed by atoms with Crippen molar-refractivity contribution in [3.8, 4) is 5.75 Å². The normalized spacial score (nSPS) is 16.4. The van der Waals surface area contributed by atoms with Crippen molar-refractivity contribution in [2.75, 3.05) is 16.8 Å². The smallest absolute Gasteiger partial charge is 0.416 e. The molecule has 144 valence electrons. The zero-order valence-electron chi connectivity index (χ0n) is 16.1. The van der Waals surface area contributed by atoms with E-state index >= 15 is 0 Å². The lowest BCUT2D eigenvalue weighted by Gasteiger charge is -2.34. The van der Waals surface area contributed by atoms with Gasteiger partial charge in [-0.1, -0.05) is 27.7 Å². The SMILES string of the molecule is CC(C)CCN1C(=O)OC(C(C)C)c2cnc(Nc3ccc(O)cc3)nc21. The van der Waals surface area contributed by atoms with Gasteiger partial charge in [0.15, 0.2) is 5.82 Å². The minimum atomic E-state index is -0.365. The number of amides is 1. The van der Waals surface area contributed by atoms with Crippen LogP contribution in [0.2, 0.25) is 0 Å². The number of hydrogen-bond acceptors (Lipinski definition) is 6. The molecule has 2 N–H and O–H groups in total. The molecular formula is C20H26N4O3. The number of benzene rings is 1. The first-order chi connectivity index (χ1) is 12.8. The molecule has 7 nitrogen and oxygen atoms in total. The Bertz CT molecular complexity index is 805. The second-order valence-corrected chi connectivity index (χ2v) is 7.53. The molecule has 1 aliphatic rings. The minimum Gasteiger partial charge on any atom is -0.508 e. The summed E-state index contributed by atoms with van der Waals surface area (Å²) in [5, 5.41) is 12.5. The molecule has 1 aliphatic heterocycles. The van der Waals surface area contributed by atoms with Gasteiger partial charge in [-0.05, 0) is 42.5 Å². The highest BCUT2D eigenvalue weighted by Gasteiger charge is 2.36. The summed E-state index contributed by atoms with van der Waals surface area (Å²) in [6.07, 6.45) is 1.86. The Morgan fingerprint density at radius 2 is 1.93 bits per heavy atom. The highest BCUT2D eigenvalue weighted by Crippen LogP contribution is 2.38. The van der Waals surface area contributed by atoms with Crippen LogP contribution in [0.15, 0.2) is 30.5 Å². The number of ether oxygens (including phenoxy) is 1. The summed E-state index contributed by atoms with van der Waals surface area (Å²) in [5.74, 6) is 1.77. The number of rotatable bonds is 6. The largest absolute Gasteiger partial charge is 0.508 e. The number of carbonyl (C=O) groups excluding carboxylic acids is 1. The Labute approximate surface area is 159 Å². The molecule has 1 aromatic heterocycles. The molecule has 0 radical (unpaired) electrons. The molecule has 0 fully saturated rings. The lowest BCUT2D eigenvalue weighted by Crippen LogP contribution is -2.40. The summed E-state index contributed by atoms with van der Waals surface area (Å²) in [6.45, 7) is 8.79. The number of carbonyl (C=O) groups is 1. The van der Waals surface area contributed by atoms with Gasteiger partial charge in [0.2, 0.25) is 5.95 Å². The second-order valence-electron chi connectivity index (χ2n) is 7.53. The van der Waals surface area contributed by atoms with Crippen LogP contribution in [0.3, 0.4) is 0 Å². The molecule has 0 saturated heterocycles. The van der Waals surface area contributed by atoms with E-state index in [-0.39, 0.29) is 23.9 Å². The van der Waals surface area contributed by atoms with Crippen molar-refractivity contribution in [2.24, 2.45) is 11.8 Å². The summed E-state index contributed by atoms with van der Waals surface area (Å²) in [6, 6.07) is 6.64. The van der Waals surface area contributed by atoms with Gasteiger partial charge < -0.3 is 15.2 Å². The van der Waals surface area contributed by atoms with E-state index in [1.165, 1.54) is 0 Å². The monoisotopic (exact) mass is 370 g/mol. The fraction of sp³-hybridized carbons (Fsp3) is 0.450. The van der Waals surface area contributed by atoms with Gasteiger partial charge in [0.25, 0.3) is 0 Å². The Balaban J connectivity index is 1.94. The molecule has 0 saturated carbocycles. The zero-order valence-corrected chi connectivity index (χ0v) is 16.1. The maximum atomic E-state index is 12.6. The van der Waals surface area contributed by atoms with E-state index in [2.05, 4.69) is 29.1 Å². The van der Waals surface area contributed by atoms with Crippen molar-refractivity contribution < 1.29 is 14.6 Å². The molecular weight excluding hydrogens is 344 g/mol. The van der Waals surface area contributed by atoms with Gasteiger partial charge in [-0.15, -0.1) is 0 Å². The van der Waals surface area contributed by atoms with Crippen LogP contribution in [0.4, 0.5) is 22.2 Å². The highest BCUT2D eigenvalue weighted by molar-refractivity contribution is 5.89. The molecule has 2 heterocycles.